The van der Waals surface area contributed by atoms with Gasteiger partial charge in [0.2, 0.25) is 11.8 Å². The second kappa shape index (κ2) is 5.13. The van der Waals surface area contributed by atoms with Crippen LogP contribution in [0, 0.1) is 0 Å². The lowest BCUT2D eigenvalue weighted by atomic mass is 10.1. The fourth-order valence-electron chi connectivity index (χ4n) is 1.88. The molecule has 0 aromatic heterocycles. The second-order valence-corrected chi connectivity index (χ2v) is 4.09. The van der Waals surface area contributed by atoms with Crippen molar-refractivity contribution in [1.29, 1.82) is 0 Å². The van der Waals surface area contributed by atoms with E-state index >= 15 is 0 Å². The van der Waals surface area contributed by atoms with Gasteiger partial charge in [-0.1, -0.05) is 0 Å². The first-order valence-electron chi connectivity index (χ1n) is 5.63. The number of nitrogens with two attached hydrogens (primary N) is 1. The van der Waals surface area contributed by atoms with Crippen molar-refractivity contribution in [2.45, 2.75) is 18.9 Å². The third kappa shape index (κ3) is 2.48. The van der Waals surface area contributed by atoms with Crippen LogP contribution in [0.25, 0.3) is 0 Å². The Morgan fingerprint density at radius 2 is 2.22 bits per heavy atom. The summed E-state index contributed by atoms with van der Waals surface area (Å²) in [6, 6.07) is -0.772. The molecule has 0 aliphatic carbocycles. The summed E-state index contributed by atoms with van der Waals surface area (Å²) in [4.78, 5) is 35.7. The van der Waals surface area contributed by atoms with Gasteiger partial charge in [0.25, 0.3) is 5.91 Å². The van der Waals surface area contributed by atoms with Gasteiger partial charge in [-0.05, 0) is 0 Å². The van der Waals surface area contributed by atoms with Gasteiger partial charge in [0.05, 0.1) is 13.2 Å². The topological polar surface area (TPSA) is 114 Å². The summed E-state index contributed by atoms with van der Waals surface area (Å²) >= 11 is 0. The van der Waals surface area contributed by atoms with Gasteiger partial charge in [-0.25, -0.2) is 5.43 Å². The maximum absolute atomic E-state index is 12.2. The highest BCUT2D eigenvalue weighted by Gasteiger charge is 2.34. The fourth-order valence-corrected chi connectivity index (χ4v) is 1.88. The summed E-state index contributed by atoms with van der Waals surface area (Å²) < 4.78 is 5.12. The van der Waals surface area contributed by atoms with E-state index in [0.29, 0.717) is 13.2 Å². The van der Waals surface area contributed by atoms with E-state index in [9.17, 15) is 14.4 Å². The Hall–Kier alpha value is -1.96. The number of morpholine rings is 1. The van der Waals surface area contributed by atoms with Crippen molar-refractivity contribution in [1.82, 2.24) is 10.3 Å². The molecule has 1 fully saturated rings. The van der Waals surface area contributed by atoms with Crippen LogP contribution < -0.4 is 11.2 Å². The molecule has 1 atom stereocenters. The molecule has 2 aliphatic heterocycles. The number of hydrazone groups is 1. The number of primary amides is 1. The highest BCUT2D eigenvalue weighted by molar-refractivity contribution is 6.39. The zero-order valence-corrected chi connectivity index (χ0v) is 9.72. The minimum atomic E-state index is -0.772. The van der Waals surface area contributed by atoms with Crippen LogP contribution in [0.4, 0.5) is 0 Å². The molecule has 1 saturated heterocycles. The molecule has 0 aromatic rings. The highest BCUT2D eigenvalue weighted by atomic mass is 16.5. The van der Waals surface area contributed by atoms with Crippen LogP contribution >= 0.6 is 0 Å². The molecular formula is C10H14N4O4. The van der Waals surface area contributed by atoms with Gasteiger partial charge in [-0.2, -0.15) is 5.10 Å². The molecule has 2 heterocycles. The van der Waals surface area contributed by atoms with E-state index in [1.165, 1.54) is 4.90 Å². The smallest absolute Gasteiger partial charge is 0.270 e. The molecule has 18 heavy (non-hydrogen) atoms. The van der Waals surface area contributed by atoms with Crippen LogP contribution in [0.1, 0.15) is 12.8 Å². The van der Waals surface area contributed by atoms with Gasteiger partial charge < -0.3 is 15.4 Å². The number of hydrogen-bond acceptors (Lipinski definition) is 5. The standard InChI is InChI=1S/C10H14N4O4/c11-9(16)7-5-18-4-3-14(7)10(17)6-1-2-8(15)13-12-6/h7H,1-5H2,(H2,11,16)(H,13,15). The van der Waals surface area contributed by atoms with E-state index < -0.39 is 11.9 Å². The van der Waals surface area contributed by atoms with Gasteiger partial charge in [0.1, 0.15) is 11.8 Å². The molecule has 2 aliphatic rings. The molecule has 8 nitrogen and oxygen atoms in total. The molecule has 0 saturated carbocycles. The van der Waals surface area contributed by atoms with Crippen LogP contribution in [0.15, 0.2) is 5.10 Å². The first-order chi connectivity index (χ1) is 8.59. The van der Waals surface area contributed by atoms with Crippen molar-refractivity contribution in [2.75, 3.05) is 19.8 Å². The monoisotopic (exact) mass is 254 g/mol. The van der Waals surface area contributed by atoms with Crippen LogP contribution in [0.5, 0.6) is 0 Å². The average Bonchev–Trinajstić information content (AvgIpc) is 2.39. The Bertz CT molecular complexity index is 420. The number of ether oxygens (including phenoxy) is 1. The van der Waals surface area contributed by atoms with E-state index in [4.69, 9.17) is 10.5 Å². The number of carbonyl (C=O) groups is 3. The third-order valence-electron chi connectivity index (χ3n) is 2.87. The lowest BCUT2D eigenvalue weighted by molar-refractivity contribution is -0.142. The maximum Gasteiger partial charge on any atom is 0.270 e. The Kier molecular flexibility index (Phi) is 3.56. The van der Waals surface area contributed by atoms with E-state index in [1.54, 1.807) is 0 Å². The summed E-state index contributed by atoms with van der Waals surface area (Å²) in [5, 5.41) is 3.71. The van der Waals surface area contributed by atoms with Crippen LogP contribution in [-0.4, -0.2) is 54.1 Å². The SMILES string of the molecule is NC(=O)C1COCCN1C(=O)C1=NNC(=O)CC1. The van der Waals surface area contributed by atoms with E-state index in [0.717, 1.165) is 0 Å². The Labute approximate surface area is 103 Å². The predicted molar refractivity (Wildman–Crippen MR) is 60.3 cm³/mol. The Balaban J connectivity index is 2.11. The first-order valence-corrected chi connectivity index (χ1v) is 5.63. The van der Waals surface area contributed by atoms with Gasteiger partial charge in [-0.15, -0.1) is 0 Å². The lowest BCUT2D eigenvalue weighted by Gasteiger charge is -2.34. The fraction of sp³-hybridized carbons (Fsp3) is 0.600. The lowest BCUT2D eigenvalue weighted by Crippen LogP contribution is -2.56. The molecule has 2 rings (SSSR count). The van der Waals surface area contributed by atoms with E-state index in [1.807, 2.05) is 0 Å². The van der Waals surface area contributed by atoms with Gasteiger partial charge >= 0.3 is 0 Å². The number of hydrogen-bond donors (Lipinski definition) is 2. The summed E-state index contributed by atoms with van der Waals surface area (Å²) in [5.41, 5.74) is 7.71. The van der Waals surface area contributed by atoms with Crippen LogP contribution in [-0.2, 0) is 19.1 Å². The molecule has 1 unspecified atom stereocenters. The van der Waals surface area contributed by atoms with Gasteiger partial charge in [-0.3, -0.25) is 14.4 Å². The number of carbonyl (C=O) groups excluding carboxylic acids is 3. The zero-order valence-electron chi connectivity index (χ0n) is 9.72. The molecule has 0 radical (unpaired) electrons. The predicted octanol–water partition coefficient (Wildman–Crippen LogP) is -2.03. The largest absolute Gasteiger partial charge is 0.377 e. The van der Waals surface area contributed by atoms with Crippen molar-refractivity contribution in [2.24, 2.45) is 10.8 Å². The number of rotatable bonds is 2. The van der Waals surface area contributed by atoms with Gasteiger partial charge in [0.15, 0.2) is 0 Å². The summed E-state index contributed by atoms with van der Waals surface area (Å²) in [6.07, 6.45) is 0.490. The minimum Gasteiger partial charge on any atom is -0.377 e. The zero-order chi connectivity index (χ0) is 13.1. The normalized spacial score (nSPS) is 24.2. The second-order valence-electron chi connectivity index (χ2n) is 4.09. The first kappa shape index (κ1) is 12.5. The summed E-state index contributed by atoms with van der Waals surface area (Å²) in [5.74, 6) is -1.20. The van der Waals surface area contributed by atoms with Crippen molar-refractivity contribution < 1.29 is 19.1 Å². The quantitative estimate of drug-likeness (QED) is 0.591. The van der Waals surface area contributed by atoms with Crippen molar-refractivity contribution in [3.8, 4) is 0 Å². The maximum atomic E-state index is 12.2. The van der Waals surface area contributed by atoms with Crippen molar-refractivity contribution >= 4 is 23.4 Å². The van der Waals surface area contributed by atoms with Gasteiger partial charge in [0, 0.05) is 19.4 Å². The average molecular weight is 254 g/mol. The molecule has 8 heteroatoms. The van der Waals surface area contributed by atoms with Crippen molar-refractivity contribution in [3.05, 3.63) is 0 Å². The summed E-state index contributed by atoms with van der Waals surface area (Å²) in [7, 11) is 0. The number of nitrogens with zero attached hydrogens (tertiary/aromatic N) is 2. The molecule has 0 bridgehead atoms. The Morgan fingerprint density at radius 3 is 2.83 bits per heavy atom. The number of nitrogens with one attached hydrogen (secondary N) is 1. The highest BCUT2D eigenvalue weighted by Crippen LogP contribution is 2.11. The molecule has 3 amide bonds. The van der Waals surface area contributed by atoms with E-state index in [-0.39, 0.29) is 37.0 Å². The molecule has 0 spiro atoms. The third-order valence-corrected chi connectivity index (χ3v) is 2.87. The Morgan fingerprint density at radius 1 is 1.44 bits per heavy atom. The summed E-state index contributed by atoms with van der Waals surface area (Å²) in [6.45, 7) is 0.745. The number of amides is 3. The molecule has 98 valence electrons. The molecule has 0 aromatic carbocycles. The van der Waals surface area contributed by atoms with Crippen LogP contribution in [0.2, 0.25) is 0 Å². The van der Waals surface area contributed by atoms with E-state index in [2.05, 4.69) is 10.5 Å². The van der Waals surface area contributed by atoms with Crippen LogP contribution in [0.3, 0.4) is 0 Å². The molecular weight excluding hydrogens is 240 g/mol. The molecule has 3 N–H and O–H groups in total. The minimum absolute atomic E-state index is 0.0979. The van der Waals surface area contributed by atoms with Crippen molar-refractivity contribution in [3.63, 3.8) is 0 Å².